The molecule has 0 N–H and O–H groups in total. The Hall–Kier alpha value is -0.290. The summed E-state index contributed by atoms with van der Waals surface area (Å²) in [6.45, 7) is 7.02. The molecule has 3 aliphatic rings. The van der Waals surface area contributed by atoms with E-state index < -0.39 is 0 Å². The van der Waals surface area contributed by atoms with E-state index in [1.54, 1.807) is 0 Å². The van der Waals surface area contributed by atoms with Gasteiger partial charge in [0.05, 0.1) is 5.69 Å². The highest BCUT2D eigenvalue weighted by molar-refractivity contribution is 14.1. The van der Waals surface area contributed by atoms with Crippen LogP contribution in [0.4, 0.5) is 5.69 Å². The third-order valence-corrected chi connectivity index (χ3v) is 5.09. The molecule has 0 spiro atoms. The molecule has 104 valence electrons. The van der Waals surface area contributed by atoms with Crippen molar-refractivity contribution in [2.75, 3.05) is 5.01 Å². The fourth-order valence-corrected chi connectivity index (χ4v) is 4.06. The number of rotatable bonds is 1. The average Bonchev–Trinajstić information content (AvgIpc) is 2.39. The van der Waals surface area contributed by atoms with Crippen LogP contribution in [-0.4, -0.2) is 22.6 Å². The van der Waals surface area contributed by atoms with Crippen LogP contribution in [0.25, 0.3) is 0 Å². The third kappa shape index (κ3) is 2.51. The van der Waals surface area contributed by atoms with E-state index in [0.717, 1.165) is 6.04 Å². The quantitative estimate of drug-likeness (QED) is 0.675. The van der Waals surface area contributed by atoms with Gasteiger partial charge in [-0.1, -0.05) is 0 Å². The topological polar surface area (TPSA) is 6.48 Å². The standard InChI is InChI=1S/C16H23IN2/c1-16(2,3)19-15-10-8-14(9-11-15)18(19)13-6-4-12(17)5-7-13/h4-7,14-15H,8-11H2,1-3H3. The molecule has 0 atom stereocenters. The Morgan fingerprint density at radius 2 is 1.47 bits per heavy atom. The van der Waals surface area contributed by atoms with E-state index in [2.05, 4.69) is 77.6 Å². The van der Waals surface area contributed by atoms with Crippen LogP contribution in [0.2, 0.25) is 0 Å². The second kappa shape index (κ2) is 4.92. The first-order valence-corrected chi connectivity index (χ1v) is 8.39. The molecule has 1 aromatic carbocycles. The Kier molecular flexibility index (Phi) is 3.54. The minimum absolute atomic E-state index is 0.201. The molecule has 0 amide bonds. The fourth-order valence-electron chi connectivity index (χ4n) is 3.70. The van der Waals surface area contributed by atoms with Gasteiger partial charge in [-0.3, -0.25) is 0 Å². The van der Waals surface area contributed by atoms with Gasteiger partial charge in [0.2, 0.25) is 0 Å². The molecule has 2 nitrogen and oxygen atoms in total. The minimum atomic E-state index is 0.201. The van der Waals surface area contributed by atoms with Crippen molar-refractivity contribution in [1.29, 1.82) is 0 Å². The van der Waals surface area contributed by atoms with E-state index in [0.29, 0.717) is 6.04 Å². The van der Waals surface area contributed by atoms with Crippen molar-refractivity contribution >= 4 is 28.3 Å². The fraction of sp³-hybridized carbons (Fsp3) is 0.625. The summed E-state index contributed by atoms with van der Waals surface area (Å²) in [6.07, 6.45) is 5.43. The van der Waals surface area contributed by atoms with Crippen LogP contribution < -0.4 is 5.01 Å². The number of halogens is 1. The van der Waals surface area contributed by atoms with Crippen LogP contribution in [0.5, 0.6) is 0 Å². The van der Waals surface area contributed by atoms with Crippen molar-refractivity contribution in [1.82, 2.24) is 5.01 Å². The highest BCUT2D eigenvalue weighted by Gasteiger charge is 2.44. The van der Waals surface area contributed by atoms with Crippen LogP contribution in [-0.2, 0) is 0 Å². The number of hydrogen-bond donors (Lipinski definition) is 0. The molecule has 1 aliphatic carbocycles. The van der Waals surface area contributed by atoms with E-state index >= 15 is 0 Å². The Morgan fingerprint density at radius 3 is 2.00 bits per heavy atom. The molecule has 0 radical (unpaired) electrons. The van der Waals surface area contributed by atoms with Crippen LogP contribution in [0.15, 0.2) is 24.3 Å². The summed E-state index contributed by atoms with van der Waals surface area (Å²) >= 11 is 2.38. The van der Waals surface area contributed by atoms with Gasteiger partial charge in [-0.05, 0) is 93.3 Å². The number of hydrogen-bond acceptors (Lipinski definition) is 2. The number of anilines is 1. The first-order valence-electron chi connectivity index (χ1n) is 7.31. The van der Waals surface area contributed by atoms with Gasteiger partial charge in [0.1, 0.15) is 0 Å². The highest BCUT2D eigenvalue weighted by Crippen LogP contribution is 2.42. The predicted molar refractivity (Wildman–Crippen MR) is 89.3 cm³/mol. The summed E-state index contributed by atoms with van der Waals surface area (Å²) in [5, 5.41) is 5.24. The molecule has 19 heavy (non-hydrogen) atoms. The zero-order chi connectivity index (χ0) is 13.6. The summed E-state index contributed by atoms with van der Waals surface area (Å²) in [4.78, 5) is 0. The largest absolute Gasteiger partial charge is 0.302 e. The maximum atomic E-state index is 2.65. The van der Waals surface area contributed by atoms with Crippen LogP contribution >= 0.6 is 22.6 Å². The molecule has 2 bridgehead atoms. The van der Waals surface area contributed by atoms with Crippen molar-refractivity contribution in [3.8, 4) is 0 Å². The van der Waals surface area contributed by atoms with E-state index in [9.17, 15) is 0 Å². The van der Waals surface area contributed by atoms with Crippen LogP contribution in [0.1, 0.15) is 46.5 Å². The lowest BCUT2D eigenvalue weighted by Crippen LogP contribution is -2.67. The first-order chi connectivity index (χ1) is 8.97. The summed E-state index contributed by atoms with van der Waals surface area (Å²) in [5.41, 5.74) is 1.57. The number of fused-ring (bicyclic) bond motifs is 3. The number of nitrogens with zero attached hydrogens (tertiary/aromatic N) is 2. The number of benzene rings is 1. The van der Waals surface area contributed by atoms with Crippen LogP contribution in [0.3, 0.4) is 0 Å². The Morgan fingerprint density at radius 1 is 0.947 bits per heavy atom. The number of hydrazine groups is 1. The van der Waals surface area contributed by atoms with Crippen molar-refractivity contribution in [2.45, 2.75) is 64.1 Å². The predicted octanol–water partition coefficient (Wildman–Crippen LogP) is 4.44. The van der Waals surface area contributed by atoms with Gasteiger partial charge in [0.25, 0.3) is 0 Å². The zero-order valence-electron chi connectivity index (χ0n) is 12.1. The van der Waals surface area contributed by atoms with Gasteiger partial charge in [-0.25, -0.2) is 5.01 Å². The second-order valence-corrected chi connectivity index (χ2v) is 8.04. The van der Waals surface area contributed by atoms with Gasteiger partial charge in [-0.2, -0.15) is 0 Å². The Balaban J connectivity index is 1.98. The first kappa shape index (κ1) is 13.7. The van der Waals surface area contributed by atoms with Gasteiger partial charge in [0, 0.05) is 21.2 Å². The molecule has 3 heteroatoms. The average molecular weight is 370 g/mol. The molecular weight excluding hydrogens is 347 g/mol. The molecule has 2 heterocycles. The van der Waals surface area contributed by atoms with Crippen LogP contribution in [0, 0.1) is 3.57 Å². The molecular formula is C16H23IN2. The smallest absolute Gasteiger partial charge is 0.0526 e. The Bertz CT molecular complexity index is 441. The summed E-state index contributed by atoms with van der Waals surface area (Å²) in [5.74, 6) is 0. The zero-order valence-corrected chi connectivity index (χ0v) is 14.2. The molecule has 3 fully saturated rings. The molecule has 0 unspecified atom stereocenters. The third-order valence-electron chi connectivity index (χ3n) is 4.37. The monoisotopic (exact) mass is 370 g/mol. The van der Waals surface area contributed by atoms with Gasteiger partial charge >= 0.3 is 0 Å². The van der Waals surface area contributed by atoms with E-state index in [1.165, 1.54) is 34.9 Å². The lowest BCUT2D eigenvalue weighted by atomic mass is 9.84. The highest BCUT2D eigenvalue weighted by atomic mass is 127. The molecule has 2 saturated heterocycles. The molecule has 4 rings (SSSR count). The SMILES string of the molecule is CC(C)(C)N1C2CCC(CC2)N1c1ccc(I)cc1. The summed E-state index contributed by atoms with van der Waals surface area (Å²) in [6, 6.07) is 10.4. The molecule has 0 aromatic heterocycles. The maximum Gasteiger partial charge on any atom is 0.0526 e. The normalized spacial score (nSPS) is 27.9. The van der Waals surface area contributed by atoms with Crippen molar-refractivity contribution in [3.63, 3.8) is 0 Å². The van der Waals surface area contributed by atoms with E-state index in [4.69, 9.17) is 0 Å². The molecule has 1 aromatic rings. The lowest BCUT2D eigenvalue weighted by molar-refractivity contribution is -0.0143. The van der Waals surface area contributed by atoms with Crippen molar-refractivity contribution in [2.24, 2.45) is 0 Å². The van der Waals surface area contributed by atoms with Gasteiger partial charge in [0.15, 0.2) is 0 Å². The van der Waals surface area contributed by atoms with Gasteiger partial charge in [-0.15, -0.1) is 0 Å². The molecule has 2 aliphatic heterocycles. The van der Waals surface area contributed by atoms with E-state index in [-0.39, 0.29) is 5.54 Å². The molecule has 1 saturated carbocycles. The van der Waals surface area contributed by atoms with Crippen molar-refractivity contribution in [3.05, 3.63) is 27.8 Å². The minimum Gasteiger partial charge on any atom is -0.302 e. The van der Waals surface area contributed by atoms with Gasteiger partial charge < -0.3 is 5.01 Å². The summed E-state index contributed by atoms with van der Waals surface area (Å²) < 4.78 is 1.31. The maximum absolute atomic E-state index is 2.65. The lowest BCUT2D eigenvalue weighted by Gasteiger charge is -2.59. The second-order valence-electron chi connectivity index (χ2n) is 6.80. The summed E-state index contributed by atoms with van der Waals surface area (Å²) in [7, 11) is 0. The van der Waals surface area contributed by atoms with E-state index in [1.807, 2.05) is 0 Å². The Labute approximate surface area is 130 Å². The van der Waals surface area contributed by atoms with Crippen molar-refractivity contribution < 1.29 is 0 Å².